The van der Waals surface area contributed by atoms with Gasteiger partial charge in [-0.25, -0.2) is 0 Å². The van der Waals surface area contributed by atoms with Crippen molar-refractivity contribution in [2.75, 3.05) is 27.2 Å². The highest BCUT2D eigenvalue weighted by Crippen LogP contribution is 2.26. The summed E-state index contributed by atoms with van der Waals surface area (Å²) in [5.74, 6) is 0.588. The molecule has 0 aliphatic heterocycles. The van der Waals surface area contributed by atoms with E-state index in [1.807, 2.05) is 7.05 Å². The minimum atomic E-state index is 0.253. The number of aliphatic hydroxyl groups excluding tert-OH is 1. The third-order valence-electron chi connectivity index (χ3n) is 3.14. The highest BCUT2D eigenvalue weighted by molar-refractivity contribution is 5.61. The first-order valence-corrected chi connectivity index (χ1v) is 5.53. The van der Waals surface area contributed by atoms with Gasteiger partial charge in [-0.05, 0) is 19.9 Å². The number of rotatable bonds is 4. The van der Waals surface area contributed by atoms with Crippen LogP contribution in [0.4, 0.5) is 0 Å². The van der Waals surface area contributed by atoms with E-state index >= 15 is 0 Å². The van der Waals surface area contributed by atoms with Crippen molar-refractivity contribution in [3.05, 3.63) is 0 Å². The summed E-state index contributed by atoms with van der Waals surface area (Å²) in [6.07, 6.45) is 7.21. The lowest BCUT2D eigenvalue weighted by Crippen LogP contribution is -2.42. The van der Waals surface area contributed by atoms with Gasteiger partial charge in [0.2, 0.25) is 0 Å². The first-order valence-electron chi connectivity index (χ1n) is 5.53. The molecule has 1 fully saturated rings. The highest BCUT2D eigenvalue weighted by atomic mass is 16.3. The van der Waals surface area contributed by atoms with E-state index in [9.17, 15) is 0 Å². The number of aliphatic imine (C=N–C) groups is 1. The molecule has 0 aromatic rings. The Labute approximate surface area is 86.8 Å². The second-order valence-electron chi connectivity index (χ2n) is 4.13. The molecule has 14 heavy (non-hydrogen) atoms. The second kappa shape index (κ2) is 6.14. The molecule has 0 spiro atoms. The Morgan fingerprint density at radius 3 is 2.79 bits per heavy atom. The first-order chi connectivity index (χ1) is 6.79. The SMILES string of the molecule is CN=CC1CCCC[C@@H]1N(C)CCO. The van der Waals surface area contributed by atoms with Crippen molar-refractivity contribution in [3.8, 4) is 0 Å². The summed E-state index contributed by atoms with van der Waals surface area (Å²) in [5, 5.41) is 8.91. The predicted octanol–water partition coefficient (Wildman–Crippen LogP) is 1.17. The van der Waals surface area contributed by atoms with Gasteiger partial charge in [-0.2, -0.15) is 0 Å². The van der Waals surface area contributed by atoms with Gasteiger partial charge < -0.3 is 15.0 Å². The van der Waals surface area contributed by atoms with Gasteiger partial charge in [-0.1, -0.05) is 12.8 Å². The minimum Gasteiger partial charge on any atom is -0.395 e. The van der Waals surface area contributed by atoms with Crippen molar-refractivity contribution in [2.24, 2.45) is 10.9 Å². The highest BCUT2D eigenvalue weighted by Gasteiger charge is 2.26. The van der Waals surface area contributed by atoms with Crippen LogP contribution in [0.2, 0.25) is 0 Å². The number of hydrogen-bond acceptors (Lipinski definition) is 3. The number of aliphatic hydroxyl groups is 1. The second-order valence-corrected chi connectivity index (χ2v) is 4.13. The Kier molecular flexibility index (Phi) is 5.12. The zero-order valence-corrected chi connectivity index (χ0v) is 9.32. The molecular formula is C11H22N2O. The van der Waals surface area contributed by atoms with Crippen molar-refractivity contribution < 1.29 is 5.11 Å². The number of nitrogens with zero attached hydrogens (tertiary/aromatic N) is 2. The molecule has 0 aromatic heterocycles. The topological polar surface area (TPSA) is 35.8 Å². The van der Waals surface area contributed by atoms with E-state index in [0.29, 0.717) is 12.0 Å². The zero-order chi connectivity index (χ0) is 10.4. The van der Waals surface area contributed by atoms with Crippen LogP contribution in [-0.4, -0.2) is 49.5 Å². The Bertz CT molecular complexity index is 182. The summed E-state index contributed by atoms with van der Waals surface area (Å²) in [6.45, 7) is 1.03. The summed E-state index contributed by atoms with van der Waals surface area (Å²) in [5.41, 5.74) is 0. The van der Waals surface area contributed by atoms with Gasteiger partial charge in [0.25, 0.3) is 0 Å². The van der Waals surface area contributed by atoms with E-state index in [2.05, 4.69) is 23.2 Å². The molecule has 1 aliphatic rings. The van der Waals surface area contributed by atoms with Gasteiger partial charge in [-0.15, -0.1) is 0 Å². The largest absolute Gasteiger partial charge is 0.395 e. The molecule has 0 saturated heterocycles. The molecule has 0 amide bonds. The molecule has 2 atom stereocenters. The smallest absolute Gasteiger partial charge is 0.0558 e. The van der Waals surface area contributed by atoms with Crippen LogP contribution in [0, 0.1) is 5.92 Å². The Morgan fingerprint density at radius 2 is 2.14 bits per heavy atom. The first kappa shape index (κ1) is 11.7. The average Bonchev–Trinajstić information content (AvgIpc) is 2.19. The molecule has 3 heteroatoms. The van der Waals surface area contributed by atoms with Gasteiger partial charge in [-0.3, -0.25) is 0 Å². The molecule has 0 aromatic carbocycles. The van der Waals surface area contributed by atoms with E-state index in [1.54, 1.807) is 0 Å². The quantitative estimate of drug-likeness (QED) is 0.688. The average molecular weight is 198 g/mol. The molecule has 1 rings (SSSR count). The lowest BCUT2D eigenvalue weighted by Gasteiger charge is -2.35. The monoisotopic (exact) mass is 198 g/mol. The molecule has 3 nitrogen and oxygen atoms in total. The van der Waals surface area contributed by atoms with Crippen LogP contribution < -0.4 is 0 Å². The maximum atomic E-state index is 8.91. The molecule has 1 N–H and O–H groups in total. The van der Waals surface area contributed by atoms with Crippen molar-refractivity contribution in [1.82, 2.24) is 4.90 Å². The summed E-state index contributed by atoms with van der Waals surface area (Å²) in [7, 11) is 3.94. The number of hydrogen-bond donors (Lipinski definition) is 1. The molecule has 0 heterocycles. The molecule has 0 radical (unpaired) electrons. The maximum absolute atomic E-state index is 8.91. The summed E-state index contributed by atoms with van der Waals surface area (Å²) < 4.78 is 0. The fourth-order valence-electron chi connectivity index (χ4n) is 2.38. The molecule has 0 bridgehead atoms. The van der Waals surface area contributed by atoms with Gasteiger partial charge in [0, 0.05) is 31.8 Å². The van der Waals surface area contributed by atoms with Crippen LogP contribution >= 0.6 is 0 Å². The zero-order valence-electron chi connectivity index (χ0n) is 9.32. The molecule has 82 valence electrons. The third-order valence-corrected chi connectivity index (χ3v) is 3.14. The van der Waals surface area contributed by atoms with Crippen LogP contribution in [-0.2, 0) is 0 Å². The van der Waals surface area contributed by atoms with Crippen LogP contribution in [0.3, 0.4) is 0 Å². The van der Waals surface area contributed by atoms with Crippen LogP contribution in [0.15, 0.2) is 4.99 Å². The Morgan fingerprint density at radius 1 is 1.43 bits per heavy atom. The summed E-state index contributed by atoms with van der Waals surface area (Å²) in [4.78, 5) is 6.41. The molecular weight excluding hydrogens is 176 g/mol. The van der Waals surface area contributed by atoms with Crippen LogP contribution in [0.25, 0.3) is 0 Å². The lowest BCUT2D eigenvalue weighted by atomic mass is 9.84. The van der Waals surface area contributed by atoms with Crippen LogP contribution in [0.5, 0.6) is 0 Å². The van der Waals surface area contributed by atoms with Gasteiger partial charge in [0.05, 0.1) is 6.61 Å². The summed E-state index contributed by atoms with van der Waals surface area (Å²) >= 11 is 0. The maximum Gasteiger partial charge on any atom is 0.0558 e. The third kappa shape index (κ3) is 3.07. The van der Waals surface area contributed by atoms with Gasteiger partial charge in [0.15, 0.2) is 0 Å². The lowest BCUT2D eigenvalue weighted by molar-refractivity contribution is 0.134. The van der Waals surface area contributed by atoms with Crippen molar-refractivity contribution in [3.63, 3.8) is 0 Å². The summed E-state index contributed by atoms with van der Waals surface area (Å²) in [6, 6.07) is 0.583. The van der Waals surface area contributed by atoms with Crippen LogP contribution in [0.1, 0.15) is 25.7 Å². The van der Waals surface area contributed by atoms with E-state index in [4.69, 9.17) is 5.11 Å². The van der Waals surface area contributed by atoms with E-state index in [-0.39, 0.29) is 6.61 Å². The van der Waals surface area contributed by atoms with Crippen molar-refractivity contribution in [2.45, 2.75) is 31.7 Å². The minimum absolute atomic E-state index is 0.253. The van der Waals surface area contributed by atoms with Gasteiger partial charge >= 0.3 is 0 Å². The number of likely N-dealkylation sites (N-methyl/N-ethyl adjacent to an activating group) is 1. The van der Waals surface area contributed by atoms with Gasteiger partial charge in [0.1, 0.15) is 0 Å². The molecule has 1 saturated carbocycles. The predicted molar refractivity (Wildman–Crippen MR) is 59.9 cm³/mol. The van der Waals surface area contributed by atoms with Crippen molar-refractivity contribution >= 4 is 6.21 Å². The standard InChI is InChI=1S/C11H22N2O/c1-12-9-10-5-3-4-6-11(10)13(2)7-8-14/h9-11,14H,3-8H2,1-2H3/t10?,11-/m0/s1. The fraction of sp³-hybridized carbons (Fsp3) is 0.909. The van der Waals surface area contributed by atoms with E-state index in [1.165, 1.54) is 25.7 Å². The normalized spacial score (nSPS) is 28.9. The Hall–Kier alpha value is -0.410. The molecule has 1 aliphatic carbocycles. The fourth-order valence-corrected chi connectivity index (χ4v) is 2.38. The Balaban J connectivity index is 2.52. The van der Waals surface area contributed by atoms with E-state index < -0.39 is 0 Å². The van der Waals surface area contributed by atoms with Crippen molar-refractivity contribution in [1.29, 1.82) is 0 Å². The molecule has 1 unspecified atom stereocenters. The van der Waals surface area contributed by atoms with E-state index in [0.717, 1.165) is 6.54 Å².